The lowest BCUT2D eigenvalue weighted by molar-refractivity contribution is -0.114. The van der Waals surface area contributed by atoms with Crippen LogP contribution in [0.5, 0.6) is 0 Å². The second-order valence-electron chi connectivity index (χ2n) is 6.71. The summed E-state index contributed by atoms with van der Waals surface area (Å²) >= 11 is 0. The molecule has 3 N–H and O–H groups in total. The summed E-state index contributed by atoms with van der Waals surface area (Å²) in [6.07, 6.45) is 0. The second kappa shape index (κ2) is 8.39. The Bertz CT molecular complexity index is 993. The molecule has 2 amide bonds. The minimum absolute atomic E-state index is 0.0980. The molecule has 0 fully saturated rings. The molecule has 0 aromatic heterocycles. The van der Waals surface area contributed by atoms with Crippen molar-refractivity contribution in [2.24, 2.45) is 0 Å². The fourth-order valence-electron chi connectivity index (χ4n) is 2.73. The van der Waals surface area contributed by atoms with E-state index in [2.05, 4.69) is 16.0 Å². The molecule has 28 heavy (non-hydrogen) atoms. The zero-order chi connectivity index (χ0) is 20.1. The quantitative estimate of drug-likeness (QED) is 0.571. The lowest BCUT2D eigenvalue weighted by atomic mass is 10.1. The fraction of sp³-hybridized carbons (Fsp3) is 0.130. The lowest BCUT2D eigenvalue weighted by Gasteiger charge is -2.10. The maximum atomic E-state index is 12.4. The minimum Gasteiger partial charge on any atom is -0.356 e. The van der Waals surface area contributed by atoms with E-state index in [1.807, 2.05) is 80.6 Å². The molecule has 3 aromatic rings. The van der Waals surface area contributed by atoms with Gasteiger partial charge in [0.1, 0.15) is 0 Å². The predicted octanol–water partition coefficient (Wildman–Crippen LogP) is 5.26. The van der Waals surface area contributed by atoms with E-state index in [1.54, 1.807) is 0 Å². The van der Waals surface area contributed by atoms with Crippen LogP contribution in [0.25, 0.3) is 0 Å². The van der Waals surface area contributed by atoms with Crippen molar-refractivity contribution in [2.45, 2.75) is 20.8 Å². The molecule has 0 saturated heterocycles. The highest BCUT2D eigenvalue weighted by molar-refractivity contribution is 6.04. The Morgan fingerprint density at radius 1 is 0.643 bits per heavy atom. The Hall–Kier alpha value is -3.60. The largest absolute Gasteiger partial charge is 0.356 e. The third-order valence-electron chi connectivity index (χ3n) is 4.41. The van der Waals surface area contributed by atoms with Gasteiger partial charge in [0.25, 0.3) is 5.91 Å². The molecule has 0 aliphatic rings. The van der Waals surface area contributed by atoms with Crippen molar-refractivity contribution in [2.75, 3.05) is 16.0 Å². The van der Waals surface area contributed by atoms with Crippen molar-refractivity contribution in [3.8, 4) is 0 Å². The maximum absolute atomic E-state index is 12.4. The van der Waals surface area contributed by atoms with Crippen LogP contribution in [0.4, 0.5) is 22.7 Å². The van der Waals surface area contributed by atoms with Crippen LogP contribution in [0.15, 0.2) is 66.7 Å². The number of aryl methyl sites for hydroxylation is 2. The number of hydrogen-bond donors (Lipinski definition) is 3. The summed E-state index contributed by atoms with van der Waals surface area (Å²) in [7, 11) is 0. The van der Waals surface area contributed by atoms with E-state index >= 15 is 0 Å². The van der Waals surface area contributed by atoms with Gasteiger partial charge in [0.05, 0.1) is 0 Å². The van der Waals surface area contributed by atoms with Crippen LogP contribution < -0.4 is 16.0 Å². The molecule has 0 radical (unpaired) electrons. The number of carbonyl (C=O) groups excluding carboxylic acids is 2. The molecule has 0 spiro atoms. The molecule has 142 valence electrons. The highest BCUT2D eigenvalue weighted by Gasteiger charge is 2.07. The molecule has 3 rings (SSSR count). The smallest absolute Gasteiger partial charge is 0.255 e. The van der Waals surface area contributed by atoms with Crippen molar-refractivity contribution in [1.82, 2.24) is 0 Å². The van der Waals surface area contributed by atoms with Crippen molar-refractivity contribution in [3.05, 3.63) is 83.4 Å². The fourth-order valence-corrected chi connectivity index (χ4v) is 2.73. The third-order valence-corrected chi connectivity index (χ3v) is 4.41. The summed E-state index contributed by atoms with van der Waals surface area (Å²) in [6, 6.07) is 20.6. The average Bonchev–Trinajstić information content (AvgIpc) is 2.66. The van der Waals surface area contributed by atoms with Crippen LogP contribution in [0.2, 0.25) is 0 Å². The molecule has 5 heteroatoms. The van der Waals surface area contributed by atoms with Gasteiger partial charge in [-0.05, 0) is 85.6 Å². The maximum Gasteiger partial charge on any atom is 0.255 e. The zero-order valence-electron chi connectivity index (χ0n) is 16.2. The van der Waals surface area contributed by atoms with E-state index in [0.29, 0.717) is 5.56 Å². The van der Waals surface area contributed by atoms with Crippen LogP contribution in [-0.2, 0) is 4.79 Å². The normalized spacial score (nSPS) is 10.2. The molecule has 0 atom stereocenters. The Morgan fingerprint density at radius 2 is 1.14 bits per heavy atom. The first-order chi connectivity index (χ1) is 13.4. The Morgan fingerprint density at radius 3 is 1.64 bits per heavy atom. The van der Waals surface area contributed by atoms with Crippen LogP contribution in [0.3, 0.4) is 0 Å². The Labute approximate surface area is 164 Å². The number of amides is 2. The minimum atomic E-state index is -0.127. The van der Waals surface area contributed by atoms with E-state index in [9.17, 15) is 9.59 Å². The van der Waals surface area contributed by atoms with E-state index in [4.69, 9.17) is 0 Å². The summed E-state index contributed by atoms with van der Waals surface area (Å²) in [5, 5.41) is 8.93. The number of nitrogens with one attached hydrogen (secondary N) is 3. The molecule has 0 heterocycles. The number of anilines is 4. The predicted molar refractivity (Wildman–Crippen MR) is 114 cm³/mol. The Balaban J connectivity index is 1.62. The second-order valence-corrected chi connectivity index (χ2v) is 6.71. The van der Waals surface area contributed by atoms with Gasteiger partial charge < -0.3 is 16.0 Å². The van der Waals surface area contributed by atoms with Gasteiger partial charge in [-0.15, -0.1) is 0 Å². The van der Waals surface area contributed by atoms with Crippen LogP contribution in [-0.4, -0.2) is 11.8 Å². The van der Waals surface area contributed by atoms with Gasteiger partial charge in [-0.3, -0.25) is 9.59 Å². The van der Waals surface area contributed by atoms with Crippen LogP contribution in [0, 0.1) is 13.8 Å². The third kappa shape index (κ3) is 4.98. The van der Waals surface area contributed by atoms with Crippen molar-refractivity contribution < 1.29 is 9.59 Å². The first-order valence-electron chi connectivity index (χ1n) is 9.04. The standard InChI is InChI=1S/C23H23N3O2/c1-15-4-5-18(14-16(15)2)23(28)26-22-12-10-21(11-13-22)25-20-8-6-19(7-9-20)24-17(3)27/h4-14,25H,1-3H3,(H,24,27)(H,26,28). The highest BCUT2D eigenvalue weighted by Crippen LogP contribution is 2.21. The van der Waals surface area contributed by atoms with Crippen molar-refractivity contribution in [3.63, 3.8) is 0 Å². The summed E-state index contributed by atoms with van der Waals surface area (Å²) in [4.78, 5) is 23.5. The molecule has 5 nitrogen and oxygen atoms in total. The summed E-state index contributed by atoms with van der Waals surface area (Å²) < 4.78 is 0. The van der Waals surface area contributed by atoms with Gasteiger partial charge >= 0.3 is 0 Å². The molecule has 0 bridgehead atoms. The molecule has 0 unspecified atom stereocenters. The van der Waals surface area contributed by atoms with Gasteiger partial charge in [-0.1, -0.05) is 6.07 Å². The molecule has 3 aromatic carbocycles. The average molecular weight is 373 g/mol. The summed E-state index contributed by atoms with van der Waals surface area (Å²) in [6.45, 7) is 5.50. The molecule has 0 saturated carbocycles. The lowest BCUT2D eigenvalue weighted by Crippen LogP contribution is -2.12. The molecule has 0 aliphatic carbocycles. The van der Waals surface area contributed by atoms with Gasteiger partial charge in [-0.25, -0.2) is 0 Å². The van der Waals surface area contributed by atoms with E-state index in [-0.39, 0.29) is 11.8 Å². The highest BCUT2D eigenvalue weighted by atomic mass is 16.2. The Kier molecular flexibility index (Phi) is 5.75. The number of hydrogen-bond acceptors (Lipinski definition) is 3. The number of benzene rings is 3. The van der Waals surface area contributed by atoms with E-state index in [0.717, 1.165) is 33.9 Å². The van der Waals surface area contributed by atoms with Gasteiger partial charge in [0.15, 0.2) is 0 Å². The first kappa shape index (κ1) is 19.2. The van der Waals surface area contributed by atoms with Gasteiger partial charge in [0, 0.05) is 35.2 Å². The molecular formula is C23H23N3O2. The monoisotopic (exact) mass is 373 g/mol. The SMILES string of the molecule is CC(=O)Nc1ccc(Nc2ccc(NC(=O)c3ccc(C)c(C)c3)cc2)cc1. The summed E-state index contributed by atoms with van der Waals surface area (Å²) in [5.74, 6) is -0.225. The zero-order valence-corrected chi connectivity index (χ0v) is 16.2. The topological polar surface area (TPSA) is 70.2 Å². The van der Waals surface area contributed by atoms with Crippen molar-refractivity contribution >= 4 is 34.6 Å². The van der Waals surface area contributed by atoms with E-state index in [1.165, 1.54) is 6.92 Å². The van der Waals surface area contributed by atoms with E-state index < -0.39 is 0 Å². The number of rotatable bonds is 5. The first-order valence-corrected chi connectivity index (χ1v) is 9.04. The van der Waals surface area contributed by atoms with Crippen LogP contribution >= 0.6 is 0 Å². The van der Waals surface area contributed by atoms with Crippen molar-refractivity contribution in [1.29, 1.82) is 0 Å². The summed E-state index contributed by atoms with van der Waals surface area (Å²) in [5.41, 5.74) is 6.19. The number of carbonyl (C=O) groups is 2. The van der Waals surface area contributed by atoms with Crippen LogP contribution in [0.1, 0.15) is 28.4 Å². The van der Waals surface area contributed by atoms with Gasteiger partial charge in [0.2, 0.25) is 5.91 Å². The molecule has 0 aliphatic heterocycles. The molecular weight excluding hydrogens is 350 g/mol. The van der Waals surface area contributed by atoms with Gasteiger partial charge in [-0.2, -0.15) is 0 Å².